The second kappa shape index (κ2) is 7.44. The third kappa shape index (κ3) is 3.89. The fourth-order valence-corrected chi connectivity index (χ4v) is 3.97. The van der Waals surface area contributed by atoms with Gasteiger partial charge in [0.2, 0.25) is 0 Å². The summed E-state index contributed by atoms with van der Waals surface area (Å²) in [5.74, 6) is 0.575. The van der Waals surface area contributed by atoms with Crippen molar-refractivity contribution in [2.24, 2.45) is 0 Å². The maximum atomic E-state index is 12.6. The minimum absolute atomic E-state index is 0.0619. The third-order valence-corrected chi connectivity index (χ3v) is 5.85. The van der Waals surface area contributed by atoms with Gasteiger partial charge >= 0.3 is 0 Å². The van der Waals surface area contributed by atoms with Crippen LogP contribution < -0.4 is 19.5 Å². The molecule has 1 amide bonds. The van der Waals surface area contributed by atoms with E-state index in [1.165, 1.54) is 18.3 Å². The number of carbonyl (C=O) groups is 1. The number of amides is 1. The highest BCUT2D eigenvalue weighted by Gasteiger charge is 2.19. The van der Waals surface area contributed by atoms with Crippen molar-refractivity contribution in [2.75, 3.05) is 23.3 Å². The quantitative estimate of drug-likeness (QED) is 0.653. The smallest absolute Gasteiger partial charge is 0.269 e. The summed E-state index contributed by atoms with van der Waals surface area (Å²) >= 11 is 0.985. The Balaban J connectivity index is 1.47. The molecule has 9 nitrogen and oxygen atoms in total. The average molecular weight is 418 g/mol. The number of nitrogens with zero attached hydrogens (tertiary/aromatic N) is 2. The van der Waals surface area contributed by atoms with Crippen LogP contribution in [0.25, 0.3) is 0 Å². The average Bonchev–Trinajstić information content (AvgIpc) is 3.24. The molecule has 28 heavy (non-hydrogen) atoms. The van der Waals surface area contributed by atoms with Crippen LogP contribution in [0.1, 0.15) is 9.67 Å². The van der Waals surface area contributed by atoms with Gasteiger partial charge in [0, 0.05) is 17.4 Å². The number of hydrogen-bond donors (Lipinski definition) is 2. The molecule has 0 fully saturated rings. The predicted octanol–water partition coefficient (Wildman–Crippen LogP) is 2.36. The first-order valence-electron chi connectivity index (χ1n) is 8.12. The van der Waals surface area contributed by atoms with Gasteiger partial charge in [-0.1, -0.05) is 4.49 Å². The van der Waals surface area contributed by atoms with Crippen LogP contribution in [0.15, 0.2) is 53.6 Å². The van der Waals surface area contributed by atoms with Crippen LogP contribution in [-0.2, 0) is 10.0 Å². The Kier molecular flexibility index (Phi) is 4.84. The molecule has 2 N–H and O–H groups in total. The summed E-state index contributed by atoms with van der Waals surface area (Å²) in [6.07, 6.45) is 1.37. The van der Waals surface area contributed by atoms with E-state index in [4.69, 9.17) is 9.47 Å². The maximum Gasteiger partial charge on any atom is 0.269 e. The van der Waals surface area contributed by atoms with Crippen LogP contribution in [0.3, 0.4) is 0 Å². The van der Waals surface area contributed by atoms with Crippen LogP contribution in [-0.4, -0.2) is 37.1 Å². The summed E-state index contributed by atoms with van der Waals surface area (Å²) in [6.45, 7) is 0.800. The van der Waals surface area contributed by atoms with E-state index in [9.17, 15) is 13.2 Å². The molecular formula is C17H14N4O5S2. The molecule has 0 atom stereocenters. The number of nitrogens with one attached hydrogen (secondary N) is 2. The lowest BCUT2D eigenvalue weighted by Crippen LogP contribution is -2.17. The number of ether oxygens (including phenoxy) is 2. The molecular weight excluding hydrogens is 404 g/mol. The first kappa shape index (κ1) is 18.2. The zero-order valence-corrected chi connectivity index (χ0v) is 15.9. The second-order valence-corrected chi connectivity index (χ2v) is 8.19. The van der Waals surface area contributed by atoms with E-state index in [2.05, 4.69) is 19.6 Å². The summed E-state index contributed by atoms with van der Waals surface area (Å²) < 4.78 is 42.2. The largest absolute Gasteiger partial charge is 0.486 e. The van der Waals surface area contributed by atoms with Crippen LogP contribution in [0.5, 0.6) is 11.5 Å². The summed E-state index contributed by atoms with van der Waals surface area (Å²) in [4.78, 5) is 12.4. The van der Waals surface area contributed by atoms with E-state index in [0.29, 0.717) is 41.0 Å². The first-order chi connectivity index (χ1) is 13.5. The van der Waals surface area contributed by atoms with Gasteiger partial charge < -0.3 is 14.8 Å². The molecule has 0 saturated carbocycles. The molecule has 0 aliphatic carbocycles. The van der Waals surface area contributed by atoms with Gasteiger partial charge in [0.15, 0.2) is 11.5 Å². The number of sulfonamides is 1. The predicted molar refractivity (Wildman–Crippen MR) is 103 cm³/mol. The molecule has 0 unspecified atom stereocenters. The van der Waals surface area contributed by atoms with E-state index in [1.54, 1.807) is 30.3 Å². The molecule has 0 radical (unpaired) electrons. The first-order valence-corrected chi connectivity index (χ1v) is 10.4. The van der Waals surface area contributed by atoms with Crippen molar-refractivity contribution in [2.45, 2.75) is 4.90 Å². The Morgan fingerprint density at radius 2 is 1.71 bits per heavy atom. The molecule has 0 spiro atoms. The van der Waals surface area contributed by atoms with Crippen molar-refractivity contribution in [3.8, 4) is 11.5 Å². The van der Waals surface area contributed by atoms with E-state index in [0.717, 1.165) is 11.5 Å². The van der Waals surface area contributed by atoms with Gasteiger partial charge in [0.05, 0.1) is 11.1 Å². The van der Waals surface area contributed by atoms with E-state index in [1.807, 2.05) is 0 Å². The monoisotopic (exact) mass is 418 g/mol. The van der Waals surface area contributed by atoms with Gasteiger partial charge in [0.25, 0.3) is 15.9 Å². The van der Waals surface area contributed by atoms with Gasteiger partial charge in [0.1, 0.15) is 18.1 Å². The second-order valence-electron chi connectivity index (χ2n) is 5.72. The fourth-order valence-electron chi connectivity index (χ4n) is 2.49. The zero-order valence-electron chi connectivity index (χ0n) is 14.3. The van der Waals surface area contributed by atoms with E-state index in [-0.39, 0.29) is 10.8 Å². The summed E-state index contributed by atoms with van der Waals surface area (Å²) in [6, 6.07) is 10.7. The number of carbonyl (C=O) groups excluding carboxylic acids is 1. The standard InChI is InChI=1S/C17H14N4O5S2/c22-17(16-10-18-21-27-16)19-11-1-3-12(4-2-11)20-28(23,24)13-5-6-14-15(9-13)26-8-7-25-14/h1-6,9-10,20H,7-8H2,(H,19,22). The van der Waals surface area contributed by atoms with Crippen molar-refractivity contribution in [3.63, 3.8) is 0 Å². The molecule has 144 valence electrons. The molecule has 2 aromatic carbocycles. The topological polar surface area (TPSA) is 120 Å². The fraction of sp³-hybridized carbons (Fsp3) is 0.118. The minimum atomic E-state index is -3.81. The van der Waals surface area contributed by atoms with Gasteiger partial charge in [-0.2, -0.15) is 0 Å². The summed E-state index contributed by atoms with van der Waals surface area (Å²) in [5, 5.41) is 6.29. The minimum Gasteiger partial charge on any atom is -0.486 e. The highest BCUT2D eigenvalue weighted by Crippen LogP contribution is 2.32. The Morgan fingerprint density at radius 3 is 2.43 bits per heavy atom. The SMILES string of the molecule is O=C(Nc1ccc(NS(=O)(=O)c2ccc3c(c2)OCCO3)cc1)c1cnns1. The van der Waals surface area contributed by atoms with Gasteiger partial charge in [-0.15, -0.1) is 5.10 Å². The Hall–Kier alpha value is -3.18. The molecule has 0 bridgehead atoms. The molecule has 11 heteroatoms. The lowest BCUT2D eigenvalue weighted by Gasteiger charge is -2.19. The van der Waals surface area contributed by atoms with Crippen LogP contribution in [0, 0.1) is 0 Å². The highest BCUT2D eigenvalue weighted by atomic mass is 32.2. The van der Waals surface area contributed by atoms with Crippen LogP contribution in [0.4, 0.5) is 11.4 Å². The number of hydrogen-bond acceptors (Lipinski definition) is 8. The molecule has 4 rings (SSSR count). The summed E-state index contributed by atoms with van der Waals surface area (Å²) in [7, 11) is -3.81. The Morgan fingerprint density at radius 1 is 1.00 bits per heavy atom. The lowest BCUT2D eigenvalue weighted by atomic mass is 10.3. The van der Waals surface area contributed by atoms with Gasteiger partial charge in [-0.3, -0.25) is 9.52 Å². The van der Waals surface area contributed by atoms with E-state index < -0.39 is 10.0 Å². The maximum absolute atomic E-state index is 12.6. The van der Waals surface area contributed by atoms with Crippen LogP contribution >= 0.6 is 11.5 Å². The van der Waals surface area contributed by atoms with Crippen molar-refractivity contribution in [1.82, 2.24) is 9.59 Å². The molecule has 0 saturated heterocycles. The highest BCUT2D eigenvalue weighted by molar-refractivity contribution is 7.92. The molecule has 1 aliphatic heterocycles. The number of rotatable bonds is 5. The number of aromatic nitrogens is 2. The third-order valence-electron chi connectivity index (χ3n) is 3.80. The van der Waals surface area contributed by atoms with Gasteiger partial charge in [-0.05, 0) is 47.9 Å². The number of benzene rings is 2. The molecule has 3 aromatic rings. The van der Waals surface area contributed by atoms with Crippen LogP contribution in [0.2, 0.25) is 0 Å². The van der Waals surface area contributed by atoms with E-state index >= 15 is 0 Å². The summed E-state index contributed by atoms with van der Waals surface area (Å²) in [5.41, 5.74) is 0.869. The lowest BCUT2D eigenvalue weighted by molar-refractivity contribution is 0.103. The molecule has 2 heterocycles. The van der Waals surface area contributed by atoms with Crippen molar-refractivity contribution < 1.29 is 22.7 Å². The van der Waals surface area contributed by atoms with Gasteiger partial charge in [-0.25, -0.2) is 8.42 Å². The number of fused-ring (bicyclic) bond motifs is 1. The van der Waals surface area contributed by atoms with Crippen molar-refractivity contribution >= 4 is 38.8 Å². The Labute approximate surface area is 164 Å². The van der Waals surface area contributed by atoms with Crippen molar-refractivity contribution in [1.29, 1.82) is 0 Å². The Bertz CT molecular complexity index is 1100. The zero-order chi connectivity index (χ0) is 19.6. The normalized spacial score (nSPS) is 13.0. The number of anilines is 2. The molecule has 1 aliphatic rings. The molecule has 1 aromatic heterocycles. The van der Waals surface area contributed by atoms with Crippen molar-refractivity contribution in [3.05, 3.63) is 53.5 Å².